The Labute approximate surface area is 162 Å². The second kappa shape index (κ2) is 7.69. The molecule has 0 aliphatic carbocycles. The Bertz CT molecular complexity index is 1130. The van der Waals surface area contributed by atoms with Gasteiger partial charge in [0.05, 0.1) is 23.8 Å². The van der Waals surface area contributed by atoms with Crippen LogP contribution in [-0.4, -0.2) is 22.2 Å². The minimum Gasteiger partial charge on any atom is -0.493 e. The van der Waals surface area contributed by atoms with Gasteiger partial charge in [-0.15, -0.1) is 0 Å². The lowest BCUT2D eigenvalue weighted by Crippen LogP contribution is -2.05. The van der Waals surface area contributed by atoms with Crippen LogP contribution in [0.5, 0.6) is 5.75 Å². The normalized spacial score (nSPS) is 10.1. The number of hydrogen-bond acceptors (Lipinski definition) is 4. The Morgan fingerprint density at radius 2 is 1.79 bits per heavy atom. The third-order valence-corrected chi connectivity index (χ3v) is 4.40. The molecule has 138 valence electrons. The molecule has 3 aromatic rings. The highest BCUT2D eigenvalue weighted by Gasteiger charge is 2.21. The molecule has 0 atom stereocenters. The van der Waals surface area contributed by atoms with Gasteiger partial charge in [-0.25, -0.2) is 4.79 Å². The lowest BCUT2D eigenvalue weighted by molar-refractivity contribution is 0.0687. The van der Waals surface area contributed by atoms with E-state index >= 15 is 0 Å². The van der Waals surface area contributed by atoms with Gasteiger partial charge in [0.25, 0.3) is 0 Å². The van der Waals surface area contributed by atoms with Crippen molar-refractivity contribution >= 4 is 5.97 Å². The monoisotopic (exact) mass is 371 g/mol. The van der Waals surface area contributed by atoms with Crippen LogP contribution in [0.1, 0.15) is 28.5 Å². The van der Waals surface area contributed by atoms with E-state index in [1.165, 1.54) is 10.8 Å². The van der Waals surface area contributed by atoms with Crippen molar-refractivity contribution in [1.29, 1.82) is 10.5 Å². The van der Waals surface area contributed by atoms with Gasteiger partial charge < -0.3 is 14.4 Å². The lowest BCUT2D eigenvalue weighted by Gasteiger charge is -2.12. The van der Waals surface area contributed by atoms with Crippen molar-refractivity contribution in [3.05, 3.63) is 65.5 Å². The van der Waals surface area contributed by atoms with Gasteiger partial charge in [0.2, 0.25) is 0 Å². The molecule has 6 heteroatoms. The summed E-state index contributed by atoms with van der Waals surface area (Å²) in [5, 5.41) is 28.1. The molecule has 1 aromatic heterocycles. The molecule has 0 radical (unpaired) electrons. The summed E-state index contributed by atoms with van der Waals surface area (Å²) in [7, 11) is 1.60. The number of aromatic nitrogens is 1. The van der Waals surface area contributed by atoms with E-state index < -0.39 is 5.97 Å². The van der Waals surface area contributed by atoms with E-state index in [0.29, 0.717) is 34.6 Å². The average molecular weight is 371 g/mol. The van der Waals surface area contributed by atoms with Crippen molar-refractivity contribution in [3.63, 3.8) is 0 Å². The molecule has 0 saturated carbocycles. The van der Waals surface area contributed by atoms with E-state index in [2.05, 4.69) is 12.1 Å². The minimum atomic E-state index is -1.09. The first kappa shape index (κ1) is 18.8. The van der Waals surface area contributed by atoms with E-state index in [4.69, 9.17) is 4.74 Å². The lowest BCUT2D eigenvalue weighted by atomic mass is 9.97. The highest BCUT2D eigenvalue weighted by Crippen LogP contribution is 2.34. The zero-order valence-corrected chi connectivity index (χ0v) is 15.4. The van der Waals surface area contributed by atoms with Gasteiger partial charge in [0.1, 0.15) is 17.5 Å². The molecule has 0 unspecified atom stereocenters. The van der Waals surface area contributed by atoms with E-state index in [1.54, 1.807) is 37.4 Å². The number of carbonyl (C=O) groups is 1. The van der Waals surface area contributed by atoms with Crippen molar-refractivity contribution < 1.29 is 14.6 Å². The zero-order chi connectivity index (χ0) is 20.3. The molecule has 0 aliphatic heterocycles. The first-order chi connectivity index (χ1) is 13.5. The standard InChI is InChI=1S/C22H17N3O3/c1-3-28-19-9-4-14(11-23)10-18(19)15-5-7-16(8-6-15)20-17(12-24)13-25(2)21(20)22(26)27/h4-10,13H,3H2,1-2H3,(H,26,27). The van der Waals surface area contributed by atoms with E-state index in [-0.39, 0.29) is 5.69 Å². The molecule has 1 heterocycles. The topological polar surface area (TPSA) is 99.0 Å². The van der Waals surface area contributed by atoms with Crippen molar-refractivity contribution in [2.45, 2.75) is 6.92 Å². The van der Waals surface area contributed by atoms with E-state index in [1.807, 2.05) is 19.1 Å². The SMILES string of the molecule is CCOc1ccc(C#N)cc1-c1ccc(-c2c(C#N)cn(C)c2C(=O)O)cc1. The van der Waals surface area contributed by atoms with Gasteiger partial charge in [-0.1, -0.05) is 24.3 Å². The van der Waals surface area contributed by atoms with Crippen LogP contribution in [0.4, 0.5) is 0 Å². The largest absolute Gasteiger partial charge is 0.493 e. The zero-order valence-electron chi connectivity index (χ0n) is 15.4. The number of carboxylic acid groups (broad SMARTS) is 1. The van der Waals surface area contributed by atoms with Crippen molar-refractivity contribution in [3.8, 4) is 40.1 Å². The maximum atomic E-state index is 11.6. The number of rotatable bonds is 5. The van der Waals surface area contributed by atoms with E-state index in [9.17, 15) is 20.4 Å². The number of hydrogen-bond donors (Lipinski definition) is 1. The predicted octanol–water partition coefficient (Wildman–Crippen LogP) is 4.20. The Kier molecular flexibility index (Phi) is 5.15. The van der Waals surface area contributed by atoms with Crippen LogP contribution in [0.25, 0.3) is 22.3 Å². The first-order valence-electron chi connectivity index (χ1n) is 8.60. The maximum absolute atomic E-state index is 11.6. The Hall–Kier alpha value is -4.03. The molecule has 0 fully saturated rings. The minimum absolute atomic E-state index is 0.0609. The average Bonchev–Trinajstić information content (AvgIpc) is 3.05. The number of aryl methyl sites for hydroxylation is 1. The van der Waals surface area contributed by atoms with Crippen LogP contribution in [0, 0.1) is 22.7 Å². The van der Waals surface area contributed by atoms with Gasteiger partial charge in [0, 0.05) is 24.4 Å². The van der Waals surface area contributed by atoms with Crippen LogP contribution >= 0.6 is 0 Å². The fourth-order valence-corrected chi connectivity index (χ4v) is 3.18. The summed E-state index contributed by atoms with van der Waals surface area (Å²) in [6.07, 6.45) is 1.51. The number of ether oxygens (including phenoxy) is 1. The molecule has 3 rings (SSSR count). The second-order valence-electron chi connectivity index (χ2n) is 6.13. The molecule has 0 saturated heterocycles. The van der Waals surface area contributed by atoms with Crippen LogP contribution < -0.4 is 4.74 Å². The molecule has 0 aliphatic rings. The quantitative estimate of drug-likeness (QED) is 0.725. The Balaban J connectivity index is 2.11. The summed E-state index contributed by atoms with van der Waals surface area (Å²) >= 11 is 0. The van der Waals surface area contributed by atoms with Gasteiger partial charge in [-0.3, -0.25) is 0 Å². The van der Waals surface area contributed by atoms with Crippen LogP contribution in [-0.2, 0) is 7.05 Å². The number of nitriles is 2. The third-order valence-electron chi connectivity index (χ3n) is 4.40. The molecule has 1 N–H and O–H groups in total. The van der Waals surface area contributed by atoms with Crippen LogP contribution in [0.2, 0.25) is 0 Å². The summed E-state index contributed by atoms with van der Waals surface area (Å²) in [5.41, 5.74) is 3.51. The second-order valence-corrected chi connectivity index (χ2v) is 6.13. The van der Waals surface area contributed by atoms with Crippen molar-refractivity contribution in [2.24, 2.45) is 7.05 Å². The third kappa shape index (κ3) is 3.32. The summed E-state index contributed by atoms with van der Waals surface area (Å²) in [5.74, 6) is -0.429. The van der Waals surface area contributed by atoms with Crippen molar-refractivity contribution in [1.82, 2.24) is 4.57 Å². The van der Waals surface area contributed by atoms with Crippen LogP contribution in [0.15, 0.2) is 48.7 Å². The molecule has 6 nitrogen and oxygen atoms in total. The molecular formula is C22H17N3O3. The van der Waals surface area contributed by atoms with Gasteiger partial charge in [0.15, 0.2) is 0 Å². The summed E-state index contributed by atoms with van der Waals surface area (Å²) in [6, 6.07) is 16.6. The molecule has 2 aromatic carbocycles. The summed E-state index contributed by atoms with van der Waals surface area (Å²) in [4.78, 5) is 11.6. The highest BCUT2D eigenvalue weighted by molar-refractivity contribution is 5.97. The molecule has 0 bridgehead atoms. The highest BCUT2D eigenvalue weighted by atomic mass is 16.5. The van der Waals surface area contributed by atoms with Gasteiger partial charge in [-0.05, 0) is 36.2 Å². The molecule has 28 heavy (non-hydrogen) atoms. The smallest absolute Gasteiger partial charge is 0.353 e. The fraction of sp³-hybridized carbons (Fsp3) is 0.136. The Morgan fingerprint density at radius 1 is 1.11 bits per heavy atom. The van der Waals surface area contributed by atoms with Gasteiger partial charge in [-0.2, -0.15) is 10.5 Å². The number of aromatic carboxylic acids is 1. The summed E-state index contributed by atoms with van der Waals surface area (Å²) in [6.45, 7) is 2.38. The molecule has 0 amide bonds. The van der Waals surface area contributed by atoms with Crippen molar-refractivity contribution in [2.75, 3.05) is 6.61 Å². The molecule has 0 spiro atoms. The van der Waals surface area contributed by atoms with Crippen LogP contribution in [0.3, 0.4) is 0 Å². The first-order valence-corrected chi connectivity index (χ1v) is 8.60. The summed E-state index contributed by atoms with van der Waals surface area (Å²) < 4.78 is 7.10. The fourth-order valence-electron chi connectivity index (χ4n) is 3.18. The predicted molar refractivity (Wildman–Crippen MR) is 104 cm³/mol. The van der Waals surface area contributed by atoms with Gasteiger partial charge >= 0.3 is 5.97 Å². The van der Waals surface area contributed by atoms with E-state index in [0.717, 1.165) is 11.1 Å². The number of nitrogens with zero attached hydrogens (tertiary/aromatic N) is 3. The number of carboxylic acids is 1. The molecular weight excluding hydrogens is 354 g/mol. The number of benzene rings is 2. The Morgan fingerprint density at radius 3 is 2.36 bits per heavy atom. The maximum Gasteiger partial charge on any atom is 0.353 e.